The molecule has 28 heavy (non-hydrogen) atoms. The molecular formula is C18H14N4O5S. The van der Waals surface area contributed by atoms with Crippen molar-refractivity contribution in [3.8, 4) is 0 Å². The van der Waals surface area contributed by atoms with Crippen LogP contribution in [0.1, 0.15) is 0 Å². The van der Waals surface area contributed by atoms with Crippen LogP contribution in [0.15, 0.2) is 91.4 Å². The van der Waals surface area contributed by atoms with Gasteiger partial charge in [0.2, 0.25) is 10.9 Å². The van der Waals surface area contributed by atoms with E-state index in [9.17, 15) is 18.0 Å². The fourth-order valence-corrected chi connectivity index (χ4v) is 2.68. The number of nitrogens with zero attached hydrogens (tertiary/aromatic N) is 2. The third-order valence-corrected chi connectivity index (χ3v) is 4.47. The number of nitrogens with one attached hydrogen (secondary N) is 2. The quantitative estimate of drug-likeness (QED) is 0.417. The van der Waals surface area contributed by atoms with Gasteiger partial charge in [0.25, 0.3) is 10.1 Å². The van der Waals surface area contributed by atoms with Crippen molar-refractivity contribution in [2.75, 3.05) is 10.9 Å². The van der Waals surface area contributed by atoms with Gasteiger partial charge in [-0.05, 0) is 48.5 Å². The van der Waals surface area contributed by atoms with Gasteiger partial charge in [-0.25, -0.2) is 0 Å². The molecule has 142 valence electrons. The molecule has 0 aliphatic heterocycles. The smallest absolute Gasteiger partial charge is 0.287 e. The largest absolute Gasteiger partial charge is 0.294 e. The van der Waals surface area contributed by atoms with E-state index in [-0.39, 0.29) is 15.6 Å². The van der Waals surface area contributed by atoms with Crippen molar-refractivity contribution in [1.29, 1.82) is 0 Å². The molecule has 3 aromatic carbocycles. The lowest BCUT2D eigenvalue weighted by atomic mass is 10.3. The Morgan fingerprint density at radius 2 is 1.36 bits per heavy atom. The van der Waals surface area contributed by atoms with E-state index in [0.717, 1.165) is 0 Å². The molecule has 0 saturated heterocycles. The first-order chi connectivity index (χ1) is 13.3. The summed E-state index contributed by atoms with van der Waals surface area (Å²) in [6, 6.07) is 16.3. The second-order valence-electron chi connectivity index (χ2n) is 5.57. The Kier molecular flexibility index (Phi) is 5.43. The van der Waals surface area contributed by atoms with Gasteiger partial charge in [-0.1, -0.05) is 18.2 Å². The summed E-state index contributed by atoms with van der Waals surface area (Å²) >= 11 is 0. The van der Waals surface area contributed by atoms with E-state index >= 15 is 0 Å². The van der Waals surface area contributed by atoms with Gasteiger partial charge < -0.3 is 0 Å². The number of benzene rings is 3. The maximum absolute atomic E-state index is 12.4. The van der Waals surface area contributed by atoms with Crippen LogP contribution in [0.5, 0.6) is 0 Å². The van der Waals surface area contributed by atoms with E-state index in [0.29, 0.717) is 11.4 Å². The van der Waals surface area contributed by atoms with E-state index < -0.39 is 21.0 Å². The van der Waals surface area contributed by atoms with Crippen molar-refractivity contribution in [3.63, 3.8) is 0 Å². The average Bonchev–Trinajstić information content (AvgIpc) is 2.68. The minimum Gasteiger partial charge on any atom is -0.287 e. The minimum atomic E-state index is -4.30. The van der Waals surface area contributed by atoms with Gasteiger partial charge in [-0.15, -0.1) is 0 Å². The zero-order chi connectivity index (χ0) is 20.1. The zero-order valence-corrected chi connectivity index (χ0v) is 15.1. The Balaban J connectivity index is 1.91. The normalized spacial score (nSPS) is 12.8. The third-order valence-electron chi connectivity index (χ3n) is 3.60. The van der Waals surface area contributed by atoms with Crippen molar-refractivity contribution >= 4 is 21.5 Å². The maximum atomic E-state index is 12.4. The predicted molar refractivity (Wildman–Crippen MR) is 102 cm³/mol. The molecule has 0 aromatic heterocycles. The molecule has 0 atom stereocenters. The van der Waals surface area contributed by atoms with E-state index in [2.05, 4.69) is 21.1 Å². The molecule has 0 aliphatic rings. The summed E-state index contributed by atoms with van der Waals surface area (Å²) in [7, 11) is -4.30. The van der Waals surface area contributed by atoms with Crippen LogP contribution in [0.25, 0.3) is 0 Å². The summed E-state index contributed by atoms with van der Waals surface area (Å²) in [4.78, 5) is 24.1. The molecule has 3 rings (SSSR count). The maximum Gasteiger partial charge on any atom is 0.294 e. The molecule has 0 bridgehead atoms. The SMILES string of the molecule is O=c1ccc(=NNc2ccc(S(=O)(=O)O)cc2)c(=O)/c1=N\Nc1ccccc1. The molecule has 0 fully saturated rings. The molecule has 3 aromatic rings. The molecule has 0 unspecified atom stereocenters. The fourth-order valence-electron chi connectivity index (χ4n) is 2.20. The summed E-state index contributed by atoms with van der Waals surface area (Å²) in [5, 5.41) is 7.44. The van der Waals surface area contributed by atoms with Crippen molar-refractivity contribution in [1.82, 2.24) is 0 Å². The van der Waals surface area contributed by atoms with Gasteiger partial charge in [0, 0.05) is 0 Å². The van der Waals surface area contributed by atoms with Gasteiger partial charge >= 0.3 is 0 Å². The van der Waals surface area contributed by atoms with Crippen molar-refractivity contribution < 1.29 is 13.0 Å². The van der Waals surface area contributed by atoms with Gasteiger partial charge in [-0.3, -0.25) is 25.0 Å². The molecule has 0 radical (unpaired) electrons. The first-order valence-corrected chi connectivity index (χ1v) is 9.36. The van der Waals surface area contributed by atoms with Crippen LogP contribution in [-0.2, 0) is 10.1 Å². The van der Waals surface area contributed by atoms with Crippen molar-refractivity contribution in [2.24, 2.45) is 10.2 Å². The highest BCUT2D eigenvalue weighted by molar-refractivity contribution is 7.85. The van der Waals surface area contributed by atoms with E-state index in [1.165, 1.54) is 36.4 Å². The molecule has 9 nitrogen and oxygen atoms in total. The van der Waals surface area contributed by atoms with Gasteiger partial charge in [0.15, 0.2) is 5.36 Å². The van der Waals surface area contributed by atoms with Crippen LogP contribution >= 0.6 is 0 Å². The molecule has 0 aliphatic carbocycles. The molecule has 0 heterocycles. The average molecular weight is 398 g/mol. The Hall–Kier alpha value is -3.63. The lowest BCUT2D eigenvalue weighted by molar-refractivity contribution is 0.483. The van der Waals surface area contributed by atoms with Crippen LogP contribution < -0.4 is 32.4 Å². The predicted octanol–water partition coefficient (Wildman–Crippen LogP) is 0.385. The summed E-state index contributed by atoms with van der Waals surface area (Å²) in [5.41, 5.74) is 5.00. The summed E-state index contributed by atoms with van der Waals surface area (Å²) < 4.78 is 31.0. The van der Waals surface area contributed by atoms with Gasteiger partial charge in [0.1, 0.15) is 5.36 Å². The standard InChI is InChI=1S/C18H14N4O5S/c23-16-11-10-15(18(24)17(16)22-20-12-4-2-1-3-5-12)21-19-13-6-8-14(9-7-13)28(25,26)27/h1-11,19-20H,(H,25,26,27)/b21-15?,22-17-. The van der Waals surface area contributed by atoms with Crippen molar-refractivity contribution in [3.05, 3.63) is 97.9 Å². The first-order valence-electron chi connectivity index (χ1n) is 7.92. The molecule has 0 saturated carbocycles. The first kappa shape index (κ1) is 19.1. The Morgan fingerprint density at radius 1 is 0.750 bits per heavy atom. The molecule has 10 heteroatoms. The minimum absolute atomic E-state index is 0.0490. The monoisotopic (exact) mass is 398 g/mol. The van der Waals surface area contributed by atoms with Gasteiger partial charge in [-0.2, -0.15) is 18.6 Å². The number of hydrogen-bond acceptors (Lipinski definition) is 8. The summed E-state index contributed by atoms with van der Waals surface area (Å²) in [5.74, 6) is 0. The Labute approximate surface area is 158 Å². The highest BCUT2D eigenvalue weighted by Crippen LogP contribution is 2.13. The number of anilines is 2. The highest BCUT2D eigenvalue weighted by atomic mass is 32.2. The van der Waals surface area contributed by atoms with E-state index in [1.807, 2.05) is 6.07 Å². The van der Waals surface area contributed by atoms with Gasteiger partial charge in [0.05, 0.1) is 16.3 Å². The highest BCUT2D eigenvalue weighted by Gasteiger charge is 2.08. The van der Waals surface area contributed by atoms with Crippen LogP contribution in [0.3, 0.4) is 0 Å². The Bertz CT molecular complexity index is 1310. The fraction of sp³-hybridized carbons (Fsp3) is 0. The lowest BCUT2D eigenvalue weighted by Crippen LogP contribution is -2.47. The van der Waals surface area contributed by atoms with E-state index in [4.69, 9.17) is 4.55 Å². The topological polar surface area (TPSA) is 137 Å². The van der Waals surface area contributed by atoms with Crippen LogP contribution in [-0.4, -0.2) is 13.0 Å². The lowest BCUT2D eigenvalue weighted by Gasteiger charge is -2.01. The van der Waals surface area contributed by atoms with Crippen LogP contribution in [0, 0.1) is 0 Å². The number of rotatable bonds is 5. The number of hydrogen-bond donors (Lipinski definition) is 3. The number of para-hydroxylation sites is 1. The molecule has 3 N–H and O–H groups in total. The zero-order valence-electron chi connectivity index (χ0n) is 14.2. The summed E-state index contributed by atoms with van der Waals surface area (Å²) in [6.45, 7) is 0. The van der Waals surface area contributed by atoms with Crippen LogP contribution in [0.2, 0.25) is 0 Å². The second-order valence-corrected chi connectivity index (χ2v) is 6.99. The molecular weight excluding hydrogens is 384 g/mol. The Morgan fingerprint density at radius 3 is 2.00 bits per heavy atom. The third kappa shape index (κ3) is 4.55. The molecule has 0 spiro atoms. The second kappa shape index (κ2) is 7.94. The van der Waals surface area contributed by atoms with E-state index in [1.54, 1.807) is 24.3 Å². The van der Waals surface area contributed by atoms with Crippen LogP contribution in [0.4, 0.5) is 11.4 Å². The summed E-state index contributed by atoms with van der Waals surface area (Å²) in [6.07, 6.45) is 0. The molecule has 0 amide bonds. The van der Waals surface area contributed by atoms with Crippen molar-refractivity contribution in [2.45, 2.75) is 4.90 Å².